The van der Waals surface area contributed by atoms with Gasteiger partial charge in [0.05, 0.1) is 6.10 Å². The van der Waals surface area contributed by atoms with E-state index in [-0.39, 0.29) is 11.5 Å². The zero-order valence-electron chi connectivity index (χ0n) is 14.3. The summed E-state index contributed by atoms with van der Waals surface area (Å²) < 4.78 is 0. The van der Waals surface area contributed by atoms with E-state index in [0.29, 0.717) is 5.92 Å². The first-order chi connectivity index (χ1) is 9.82. The van der Waals surface area contributed by atoms with Crippen LogP contribution >= 0.6 is 0 Å². The highest BCUT2D eigenvalue weighted by molar-refractivity contribution is 5.29. The molecule has 0 heterocycles. The molecule has 0 aliphatic heterocycles. The van der Waals surface area contributed by atoms with Crippen molar-refractivity contribution in [3.63, 3.8) is 0 Å². The maximum Gasteiger partial charge on any atom is 0.0794 e. The fourth-order valence-corrected chi connectivity index (χ4v) is 4.39. The van der Waals surface area contributed by atoms with E-state index in [2.05, 4.69) is 40.3 Å². The zero-order chi connectivity index (χ0) is 15.6. The first kappa shape index (κ1) is 16.5. The Morgan fingerprint density at radius 2 is 1.81 bits per heavy atom. The molecule has 1 heteroatoms. The molecular formula is C20H32O. The lowest BCUT2D eigenvalue weighted by atomic mass is 9.62. The Hall–Kier alpha value is -0.820. The van der Waals surface area contributed by atoms with Crippen LogP contribution in [0.2, 0.25) is 0 Å². The monoisotopic (exact) mass is 288 g/mol. The summed E-state index contributed by atoms with van der Waals surface area (Å²) in [5, 5.41) is 10.8. The van der Waals surface area contributed by atoms with Crippen LogP contribution < -0.4 is 0 Å². The van der Waals surface area contributed by atoms with Crippen molar-refractivity contribution < 1.29 is 5.11 Å². The topological polar surface area (TPSA) is 20.2 Å². The van der Waals surface area contributed by atoms with E-state index in [1.165, 1.54) is 35.1 Å². The summed E-state index contributed by atoms with van der Waals surface area (Å²) in [6, 6.07) is 0. The zero-order valence-corrected chi connectivity index (χ0v) is 14.3. The molecule has 0 saturated carbocycles. The summed E-state index contributed by atoms with van der Waals surface area (Å²) in [6.07, 6.45) is 9.72. The van der Waals surface area contributed by atoms with E-state index in [1.807, 2.05) is 0 Å². The Labute approximate surface area is 130 Å². The molecule has 118 valence electrons. The fourth-order valence-electron chi connectivity index (χ4n) is 4.39. The predicted octanol–water partition coefficient (Wildman–Crippen LogP) is 5.57. The third-order valence-corrected chi connectivity index (χ3v) is 5.73. The molecule has 2 atom stereocenters. The molecule has 0 unspecified atom stereocenters. The van der Waals surface area contributed by atoms with Gasteiger partial charge in [-0.1, -0.05) is 43.2 Å². The number of allylic oxidation sites excluding steroid dienone is 3. The van der Waals surface area contributed by atoms with Crippen LogP contribution in [-0.2, 0) is 0 Å². The van der Waals surface area contributed by atoms with E-state index in [1.54, 1.807) is 0 Å². The van der Waals surface area contributed by atoms with Gasteiger partial charge in [0.1, 0.15) is 0 Å². The van der Waals surface area contributed by atoms with E-state index in [0.717, 1.165) is 32.1 Å². The first-order valence-corrected chi connectivity index (χ1v) is 8.52. The number of aliphatic hydroxyl groups excluding tert-OH is 1. The molecule has 0 fully saturated rings. The summed E-state index contributed by atoms with van der Waals surface area (Å²) in [5.74, 6) is 0.673. The van der Waals surface area contributed by atoms with Gasteiger partial charge in [-0.15, -0.1) is 0 Å². The molecule has 2 aliphatic carbocycles. The van der Waals surface area contributed by atoms with Gasteiger partial charge in [-0.25, -0.2) is 0 Å². The first-order valence-electron chi connectivity index (χ1n) is 8.52. The molecule has 21 heavy (non-hydrogen) atoms. The van der Waals surface area contributed by atoms with Crippen molar-refractivity contribution in [2.24, 2.45) is 11.3 Å². The number of hydrogen-bond donors (Lipinski definition) is 1. The lowest BCUT2D eigenvalue weighted by Crippen LogP contribution is -2.36. The maximum atomic E-state index is 10.8. The average Bonchev–Trinajstić information content (AvgIpc) is 2.35. The quantitative estimate of drug-likeness (QED) is 0.578. The fraction of sp³-hybridized carbons (Fsp3) is 0.700. The minimum Gasteiger partial charge on any atom is -0.388 e. The molecule has 0 aromatic carbocycles. The average molecular weight is 288 g/mol. The molecule has 0 spiro atoms. The van der Waals surface area contributed by atoms with Gasteiger partial charge in [0, 0.05) is 0 Å². The highest BCUT2D eigenvalue weighted by Gasteiger charge is 2.39. The van der Waals surface area contributed by atoms with Crippen molar-refractivity contribution in [1.29, 1.82) is 0 Å². The number of hydrogen-bond acceptors (Lipinski definition) is 1. The Kier molecular flexibility index (Phi) is 5.14. The normalized spacial score (nSPS) is 33.8. The summed E-state index contributed by atoms with van der Waals surface area (Å²) in [6.45, 7) is 13.3. The van der Waals surface area contributed by atoms with Crippen LogP contribution in [0.4, 0.5) is 0 Å². The molecule has 2 bridgehead atoms. The summed E-state index contributed by atoms with van der Waals surface area (Å²) in [5.41, 5.74) is 5.56. The maximum absolute atomic E-state index is 10.8. The van der Waals surface area contributed by atoms with Crippen molar-refractivity contribution in [2.75, 3.05) is 0 Å². The van der Waals surface area contributed by atoms with Gasteiger partial charge in [-0.3, -0.25) is 0 Å². The predicted molar refractivity (Wildman–Crippen MR) is 91.2 cm³/mol. The number of fused-ring (bicyclic) bond motifs is 2. The minimum atomic E-state index is -0.304. The van der Waals surface area contributed by atoms with Gasteiger partial charge in [-0.2, -0.15) is 0 Å². The minimum absolute atomic E-state index is 0.113. The molecular weight excluding hydrogens is 256 g/mol. The van der Waals surface area contributed by atoms with Gasteiger partial charge in [0.15, 0.2) is 0 Å². The van der Waals surface area contributed by atoms with Gasteiger partial charge in [-0.05, 0) is 75.7 Å². The van der Waals surface area contributed by atoms with E-state index in [9.17, 15) is 5.11 Å². The van der Waals surface area contributed by atoms with Crippen molar-refractivity contribution >= 4 is 0 Å². The lowest BCUT2D eigenvalue weighted by molar-refractivity contribution is 0.130. The van der Waals surface area contributed by atoms with E-state index in [4.69, 9.17) is 0 Å². The second kappa shape index (κ2) is 6.52. The standard InChI is InChI=1S/C20H32O/c1-14-7-6-8-15(2)13-18(21)19-16(3)10-12-17(11-9-14)20(19,4)5/h8,17-18,21H,1,6-7,9-13H2,2-5H3/b15-8+/t17-,18+/m0/s1. The highest BCUT2D eigenvalue weighted by atomic mass is 16.3. The molecule has 0 amide bonds. The van der Waals surface area contributed by atoms with Crippen LogP contribution in [-0.4, -0.2) is 11.2 Å². The third kappa shape index (κ3) is 3.69. The number of rotatable bonds is 0. The molecule has 1 nitrogen and oxygen atoms in total. The Bertz CT molecular complexity index is 464. The van der Waals surface area contributed by atoms with E-state index < -0.39 is 0 Å². The molecule has 0 aromatic rings. The third-order valence-electron chi connectivity index (χ3n) is 5.73. The van der Waals surface area contributed by atoms with Crippen LogP contribution in [0.5, 0.6) is 0 Å². The van der Waals surface area contributed by atoms with Crippen LogP contribution in [0.25, 0.3) is 0 Å². The number of aliphatic hydroxyl groups is 1. The summed E-state index contributed by atoms with van der Waals surface area (Å²) in [4.78, 5) is 0. The SMILES string of the molecule is C=C1CC/C=C(\C)C[C@@H](O)C2=C(C)CC[C@H](CC1)C2(C)C. The second-order valence-corrected chi connectivity index (χ2v) is 7.75. The van der Waals surface area contributed by atoms with Crippen LogP contribution in [0.15, 0.2) is 34.9 Å². The molecule has 0 radical (unpaired) electrons. The van der Waals surface area contributed by atoms with Crippen LogP contribution in [0.3, 0.4) is 0 Å². The van der Waals surface area contributed by atoms with Gasteiger partial charge >= 0.3 is 0 Å². The van der Waals surface area contributed by atoms with Crippen molar-refractivity contribution in [3.05, 3.63) is 34.9 Å². The Balaban J connectivity index is 2.36. The van der Waals surface area contributed by atoms with Crippen LogP contribution in [0.1, 0.15) is 72.6 Å². The molecule has 0 saturated heterocycles. The second-order valence-electron chi connectivity index (χ2n) is 7.75. The largest absolute Gasteiger partial charge is 0.388 e. The highest BCUT2D eigenvalue weighted by Crippen LogP contribution is 2.49. The van der Waals surface area contributed by atoms with Crippen molar-refractivity contribution in [1.82, 2.24) is 0 Å². The summed E-state index contributed by atoms with van der Waals surface area (Å²) >= 11 is 0. The van der Waals surface area contributed by atoms with Crippen LogP contribution in [0, 0.1) is 11.3 Å². The molecule has 2 aliphatic rings. The van der Waals surface area contributed by atoms with Gasteiger partial charge < -0.3 is 5.11 Å². The van der Waals surface area contributed by atoms with Crippen molar-refractivity contribution in [2.45, 2.75) is 78.7 Å². The molecule has 1 N–H and O–H groups in total. The molecule has 0 aromatic heterocycles. The lowest BCUT2D eigenvalue weighted by Gasteiger charge is -2.44. The molecule has 2 rings (SSSR count). The Morgan fingerprint density at radius 3 is 2.52 bits per heavy atom. The summed E-state index contributed by atoms with van der Waals surface area (Å²) in [7, 11) is 0. The van der Waals surface area contributed by atoms with E-state index >= 15 is 0 Å². The smallest absolute Gasteiger partial charge is 0.0794 e. The van der Waals surface area contributed by atoms with Crippen molar-refractivity contribution in [3.8, 4) is 0 Å². The van der Waals surface area contributed by atoms with Gasteiger partial charge in [0.25, 0.3) is 0 Å². The Morgan fingerprint density at radius 1 is 1.14 bits per heavy atom. The van der Waals surface area contributed by atoms with Gasteiger partial charge in [0.2, 0.25) is 0 Å².